The van der Waals surface area contributed by atoms with Crippen LogP contribution in [-0.4, -0.2) is 97.5 Å². The summed E-state index contributed by atoms with van der Waals surface area (Å²) in [6.45, 7) is 1.86. The predicted octanol–water partition coefficient (Wildman–Crippen LogP) is 3.03. The van der Waals surface area contributed by atoms with Gasteiger partial charge >= 0.3 is 41.8 Å². The number of H-pyrrole nitrogens is 4. The fraction of sp³-hybridized carbons (Fsp3) is 0.325. The number of carboxylic acids is 7. The zero-order valence-electron chi connectivity index (χ0n) is 32.5. The SMILES string of the molecule is CCCc1c2[nH]c(c1CC(=O)O)C(Br)=c1[nH]c(c(CC(=O)O)c1CCC(=O)O)=C(Br)c1[nH]c(c(CC(=O)O)c1CCC(=O)O)C(Br)=c1[nH]c(c(CC(=O)O)c1CCC(=O)O)=C2Br. The van der Waals surface area contributed by atoms with E-state index in [0.29, 0.717) is 29.7 Å². The molecule has 1 aliphatic rings. The lowest BCUT2D eigenvalue weighted by Crippen LogP contribution is -2.18. The molecule has 0 radical (unpaired) electrons. The van der Waals surface area contributed by atoms with Crippen LogP contribution in [0.3, 0.4) is 0 Å². The van der Waals surface area contributed by atoms with Gasteiger partial charge in [-0.2, -0.15) is 0 Å². The fourth-order valence-corrected chi connectivity index (χ4v) is 10.5. The number of carbonyl (C=O) groups is 7. The Morgan fingerprint density at radius 2 is 0.613 bits per heavy atom. The number of aromatic amines is 4. The van der Waals surface area contributed by atoms with Gasteiger partial charge < -0.3 is 55.7 Å². The van der Waals surface area contributed by atoms with Crippen molar-refractivity contribution in [1.29, 1.82) is 0 Å². The lowest BCUT2D eigenvalue weighted by Gasteiger charge is -2.07. The van der Waals surface area contributed by atoms with Crippen molar-refractivity contribution in [2.75, 3.05) is 0 Å². The van der Waals surface area contributed by atoms with Gasteiger partial charge in [-0.15, -0.1) is 0 Å². The lowest BCUT2D eigenvalue weighted by atomic mass is 9.98. The van der Waals surface area contributed by atoms with Crippen molar-refractivity contribution in [2.24, 2.45) is 0 Å². The van der Waals surface area contributed by atoms with Gasteiger partial charge in [0.2, 0.25) is 0 Å². The minimum atomic E-state index is -1.32. The van der Waals surface area contributed by atoms with Crippen LogP contribution in [-0.2, 0) is 84.9 Å². The van der Waals surface area contributed by atoms with Crippen LogP contribution in [0.5, 0.6) is 0 Å². The van der Waals surface area contributed by atoms with E-state index >= 15 is 0 Å². The average Bonchev–Trinajstić information content (AvgIpc) is 3.91. The third kappa shape index (κ3) is 10.2. The van der Waals surface area contributed by atoms with Crippen molar-refractivity contribution in [3.05, 3.63) is 88.7 Å². The van der Waals surface area contributed by atoms with Crippen LogP contribution < -0.4 is 21.4 Å². The molecule has 0 amide bonds. The first kappa shape index (κ1) is 47.9. The molecule has 1 aliphatic heterocycles. The minimum absolute atomic E-state index is 0.0807. The highest BCUT2D eigenvalue weighted by molar-refractivity contribution is 9.15. The highest BCUT2D eigenvalue weighted by Gasteiger charge is 2.30. The van der Waals surface area contributed by atoms with Crippen LogP contribution in [0.15, 0.2) is 0 Å². The van der Waals surface area contributed by atoms with Gasteiger partial charge in [0.15, 0.2) is 0 Å². The van der Waals surface area contributed by atoms with E-state index in [-0.39, 0.29) is 109 Å². The summed E-state index contributed by atoms with van der Waals surface area (Å²) in [6, 6.07) is 0. The van der Waals surface area contributed by atoms with Gasteiger partial charge in [0, 0.05) is 19.3 Å². The molecule has 18 nitrogen and oxygen atoms in total. The van der Waals surface area contributed by atoms with E-state index in [1.54, 1.807) is 0 Å². The molecule has 0 atom stereocenters. The molecule has 5 heterocycles. The Kier molecular flexibility index (Phi) is 15.4. The van der Waals surface area contributed by atoms with Crippen LogP contribution in [0, 0.1) is 0 Å². The predicted molar refractivity (Wildman–Crippen MR) is 235 cm³/mol. The summed E-state index contributed by atoms with van der Waals surface area (Å²) in [6.07, 6.45) is -3.78. The number of aromatic nitrogens is 4. The first-order valence-electron chi connectivity index (χ1n) is 18.8. The number of carboxylic acid groups (broad SMARTS) is 7. The number of hydrogen-bond donors (Lipinski definition) is 11. The first-order chi connectivity index (χ1) is 29.2. The summed E-state index contributed by atoms with van der Waals surface area (Å²) >= 11 is 14.5. The normalized spacial score (nSPS) is 12.5. The van der Waals surface area contributed by atoms with E-state index in [1.165, 1.54) is 0 Å². The smallest absolute Gasteiger partial charge is 0.307 e. The number of aliphatic carboxylic acids is 7. The van der Waals surface area contributed by atoms with Crippen LogP contribution in [0.25, 0.3) is 17.9 Å². The monoisotopic (exact) mass is 1110 g/mol. The maximum absolute atomic E-state index is 12.6. The Labute approximate surface area is 383 Å². The number of rotatable bonds is 19. The standard InChI is InChI=1S/C40H38Br4N4O14/c1-2-3-14-18(10-25(55)56)37-30(42)34-16(5-8-23(51)52)20(12-27(59)60)39(47-34)32(44)36-17(6-9-24(53)54)21(13-28(61)62)40(48-36)31(43)35-15(4-7-22(49)50)19(11-26(57)58)38(46-35)29(41)33(14)45-37/h45-48H,2-13H2,1H3,(H,49,50)(H,51,52)(H,53,54)(H,55,56)(H,57,58)(H,59,60)(H,61,62). The van der Waals surface area contributed by atoms with Crippen LogP contribution >= 0.6 is 63.7 Å². The molecule has 22 heteroatoms. The van der Waals surface area contributed by atoms with E-state index in [9.17, 15) is 69.3 Å². The number of hydrogen-bond acceptors (Lipinski definition) is 7. The molecule has 0 aromatic carbocycles. The minimum Gasteiger partial charge on any atom is -0.481 e. The molecule has 8 bridgehead atoms. The van der Waals surface area contributed by atoms with Gasteiger partial charge in [-0.05, 0) is 134 Å². The zero-order valence-corrected chi connectivity index (χ0v) is 38.8. The molecule has 4 aromatic rings. The number of halogens is 4. The highest BCUT2D eigenvalue weighted by atomic mass is 79.9. The average molecular weight is 1120 g/mol. The Morgan fingerprint density at radius 1 is 0.355 bits per heavy atom. The molecule has 62 heavy (non-hydrogen) atoms. The molecule has 0 saturated heterocycles. The molecule has 0 saturated carbocycles. The Balaban J connectivity index is 2.22. The van der Waals surface area contributed by atoms with E-state index in [0.717, 1.165) is 0 Å². The van der Waals surface area contributed by atoms with E-state index in [4.69, 9.17) is 0 Å². The zero-order chi connectivity index (χ0) is 45.9. The second-order valence-corrected chi connectivity index (χ2v) is 17.5. The first-order valence-corrected chi connectivity index (χ1v) is 21.9. The van der Waals surface area contributed by atoms with E-state index in [2.05, 4.69) is 83.7 Å². The van der Waals surface area contributed by atoms with Crippen LogP contribution in [0.4, 0.5) is 0 Å². The molecule has 0 spiro atoms. The summed E-state index contributed by atoms with van der Waals surface area (Å²) in [5, 5.41) is 70.9. The number of fused-ring (bicyclic) bond motifs is 8. The van der Waals surface area contributed by atoms with Crippen molar-refractivity contribution in [3.63, 3.8) is 0 Å². The molecule has 11 N–H and O–H groups in total. The summed E-state index contributed by atoms with van der Waals surface area (Å²) in [7, 11) is 0. The van der Waals surface area contributed by atoms with Crippen LogP contribution in [0.1, 0.15) is 99.9 Å². The van der Waals surface area contributed by atoms with Gasteiger partial charge in [-0.3, -0.25) is 33.6 Å². The van der Waals surface area contributed by atoms with E-state index in [1.807, 2.05) is 6.92 Å². The lowest BCUT2D eigenvalue weighted by molar-refractivity contribution is -0.138. The maximum Gasteiger partial charge on any atom is 0.307 e. The summed E-state index contributed by atoms with van der Waals surface area (Å²) < 4.78 is 0.579. The summed E-state index contributed by atoms with van der Waals surface area (Å²) in [4.78, 5) is 99.2. The van der Waals surface area contributed by atoms with Gasteiger partial charge in [0.1, 0.15) is 0 Å². The molecular weight excluding hydrogens is 1080 g/mol. The van der Waals surface area contributed by atoms with Crippen LogP contribution in [0.2, 0.25) is 0 Å². The molecule has 0 unspecified atom stereocenters. The van der Waals surface area contributed by atoms with E-state index < -0.39 is 86.7 Å². The molecule has 0 aliphatic carbocycles. The molecule has 0 fully saturated rings. The molecule has 330 valence electrons. The van der Waals surface area contributed by atoms with Crippen molar-refractivity contribution in [2.45, 2.75) is 84.0 Å². The third-order valence-corrected chi connectivity index (χ3v) is 13.4. The maximum atomic E-state index is 12.6. The molecule has 4 aromatic heterocycles. The molecule has 5 rings (SSSR count). The second kappa shape index (κ2) is 19.9. The van der Waals surface area contributed by atoms with Crippen molar-refractivity contribution >= 4 is 123 Å². The quantitative estimate of drug-likeness (QED) is 0.0644. The van der Waals surface area contributed by atoms with Gasteiger partial charge in [-0.25, -0.2) is 0 Å². The van der Waals surface area contributed by atoms with Gasteiger partial charge in [0.05, 0.1) is 87.8 Å². The second-order valence-electron chi connectivity index (χ2n) is 14.3. The topological polar surface area (TPSA) is 324 Å². The Hall–Kier alpha value is -5.19. The van der Waals surface area contributed by atoms with Gasteiger partial charge in [-0.1, -0.05) is 13.3 Å². The van der Waals surface area contributed by atoms with Gasteiger partial charge in [0.25, 0.3) is 0 Å². The third-order valence-electron chi connectivity index (χ3n) is 10.2. The Morgan fingerprint density at radius 3 is 0.903 bits per heavy atom. The molecular formula is C40H38Br4N4O14. The largest absolute Gasteiger partial charge is 0.481 e. The van der Waals surface area contributed by atoms with Crippen molar-refractivity contribution < 1.29 is 69.3 Å². The fourth-order valence-electron chi connectivity index (χ4n) is 7.74. The van der Waals surface area contributed by atoms with Crippen molar-refractivity contribution in [3.8, 4) is 0 Å². The Bertz CT molecular complexity index is 2810. The number of nitrogens with one attached hydrogen (secondary N) is 4. The summed E-state index contributed by atoms with van der Waals surface area (Å²) in [5.41, 5.74) is 2.49. The van der Waals surface area contributed by atoms with Crippen molar-refractivity contribution in [1.82, 2.24) is 19.9 Å². The summed E-state index contributed by atoms with van der Waals surface area (Å²) in [5.74, 6) is -8.75. The highest BCUT2D eigenvalue weighted by Crippen LogP contribution is 2.36.